The van der Waals surface area contributed by atoms with Crippen molar-refractivity contribution in [3.05, 3.63) is 119 Å². The topological polar surface area (TPSA) is 260 Å². The standard InChI is InChI=1S/C27H34N6O2.C20H27ClN6O2.C8H11BO4/c1-19-5-2-3-7-24(19)25-16-26(27(28)31-30-25)32-17-22-8-9-23(18-32)33(22)21-10-11-29-20(15-21)6-4-13-35-14-12-34;21-19-11-18(20(22)25-24-19)26-12-16-3-4-17(13-26)27(16)15-5-6-23-14(10-15)2-1-8-29-9-7-28;1-12-6-13-8-5-3-2-4-7(8)9(10)11/h2-3,5,7,10-11,15-16,22-23,34H,4,6,8-9,12-14,17-18H2,1H3,(H2,28,31);5-6,10-11,16-17,28H,1-4,7-9,12-13H2,(H2,22,25);2-5,10-11H,6H2,1H3. The van der Waals surface area contributed by atoms with Gasteiger partial charge in [-0.2, -0.15) is 0 Å². The number of fused-ring (bicyclic) bond motifs is 4. The molecule has 4 bridgehead atoms. The van der Waals surface area contributed by atoms with Crippen molar-refractivity contribution in [1.29, 1.82) is 0 Å². The van der Waals surface area contributed by atoms with Crippen LogP contribution in [0.15, 0.2) is 97.3 Å². The summed E-state index contributed by atoms with van der Waals surface area (Å²) in [4.78, 5) is 18.9. The van der Waals surface area contributed by atoms with Crippen LogP contribution in [0.4, 0.5) is 34.4 Å². The lowest BCUT2D eigenvalue weighted by molar-refractivity contribution is 0.0517. The Bertz CT molecular complexity index is 2780. The lowest BCUT2D eigenvalue weighted by atomic mass is 9.80. The van der Waals surface area contributed by atoms with E-state index in [9.17, 15) is 0 Å². The van der Waals surface area contributed by atoms with Crippen LogP contribution < -0.4 is 41.3 Å². The minimum Gasteiger partial charge on any atom is -0.468 e. The number of aryl methyl sites for hydroxylation is 3. The van der Waals surface area contributed by atoms with Crippen molar-refractivity contribution in [1.82, 2.24) is 30.4 Å². The average molecular weight is 1080 g/mol. The zero-order valence-corrected chi connectivity index (χ0v) is 44.7. The summed E-state index contributed by atoms with van der Waals surface area (Å²) in [6.07, 6.45) is 12.0. The van der Waals surface area contributed by atoms with Crippen molar-refractivity contribution < 1.29 is 39.2 Å². The number of aliphatic hydroxyl groups is 2. The summed E-state index contributed by atoms with van der Waals surface area (Å²) < 4.78 is 20.5. The van der Waals surface area contributed by atoms with E-state index in [0.29, 0.717) is 78.6 Å². The highest BCUT2D eigenvalue weighted by atomic mass is 35.5. The van der Waals surface area contributed by atoms with Crippen molar-refractivity contribution in [2.24, 2.45) is 0 Å². The Hall–Kier alpha value is -6.43. The molecule has 0 saturated carbocycles. The second kappa shape index (κ2) is 28.3. The van der Waals surface area contributed by atoms with Crippen LogP contribution in [0, 0.1) is 6.92 Å². The fraction of sp³-hybridized carbons (Fsp3) is 0.455. The molecule has 6 aromatic rings. The number of anilines is 6. The van der Waals surface area contributed by atoms with Crippen LogP contribution >= 0.6 is 11.6 Å². The molecule has 4 aromatic heterocycles. The van der Waals surface area contributed by atoms with E-state index in [0.717, 1.165) is 112 Å². The van der Waals surface area contributed by atoms with Gasteiger partial charge in [-0.3, -0.25) is 9.97 Å². The van der Waals surface area contributed by atoms with Crippen LogP contribution in [-0.4, -0.2) is 162 Å². The number of rotatable bonds is 21. The molecule has 0 radical (unpaired) electrons. The van der Waals surface area contributed by atoms with Crippen LogP contribution in [0.3, 0.4) is 0 Å². The number of piperazine rings is 2. The molecular formula is C55H72BClN12O8. The van der Waals surface area contributed by atoms with Gasteiger partial charge in [0.15, 0.2) is 23.6 Å². The van der Waals surface area contributed by atoms with E-state index >= 15 is 0 Å². The molecule has 410 valence electrons. The smallest absolute Gasteiger partial charge is 0.468 e. The van der Waals surface area contributed by atoms with Gasteiger partial charge in [0.1, 0.15) is 5.75 Å². The molecule has 2 aromatic carbocycles. The summed E-state index contributed by atoms with van der Waals surface area (Å²) in [6.45, 7) is 7.97. The molecule has 0 amide bonds. The third kappa shape index (κ3) is 15.0. The number of nitrogens with two attached hydrogens (primary N) is 2. The van der Waals surface area contributed by atoms with Crippen LogP contribution in [0.25, 0.3) is 11.3 Å². The molecule has 20 nitrogen and oxygen atoms in total. The van der Waals surface area contributed by atoms with Crippen LogP contribution in [0.2, 0.25) is 5.15 Å². The van der Waals surface area contributed by atoms with Gasteiger partial charge in [-0.15, -0.1) is 20.4 Å². The lowest BCUT2D eigenvalue weighted by Gasteiger charge is -2.43. The molecule has 4 aliphatic heterocycles. The van der Waals surface area contributed by atoms with Crippen molar-refractivity contribution in [2.75, 3.05) is 111 Å². The first-order valence-electron chi connectivity index (χ1n) is 26.4. The first-order chi connectivity index (χ1) is 37.5. The van der Waals surface area contributed by atoms with Crippen LogP contribution in [-0.2, 0) is 27.1 Å². The van der Waals surface area contributed by atoms with Crippen molar-refractivity contribution in [3.63, 3.8) is 0 Å². The number of pyridine rings is 2. The van der Waals surface area contributed by atoms with E-state index in [1.807, 2.05) is 30.6 Å². The number of aliphatic hydroxyl groups excluding tert-OH is 2. The molecular weight excluding hydrogens is 1000 g/mol. The maximum Gasteiger partial charge on any atom is 0.492 e. The van der Waals surface area contributed by atoms with Gasteiger partial charge < -0.3 is 70.3 Å². The molecule has 8 N–H and O–H groups in total. The SMILES string of the molecule is COCOc1ccccc1B(O)O.Cc1ccccc1-c1cc(N2CC3CCC(C2)N3c2ccnc(CCCOCCO)c2)c(N)nn1.Nc1nnc(Cl)cc1N1CC2CCC(C1)N2c1ccnc(CCCOCCO)c1. The number of nitrogen functional groups attached to an aromatic ring is 2. The predicted octanol–water partition coefficient (Wildman–Crippen LogP) is 4.48. The summed E-state index contributed by atoms with van der Waals surface area (Å²) in [5.41, 5.74) is 22.3. The van der Waals surface area contributed by atoms with Gasteiger partial charge in [-0.25, -0.2) is 0 Å². The summed E-state index contributed by atoms with van der Waals surface area (Å²) in [5.74, 6) is 1.33. The molecule has 22 heteroatoms. The molecule has 77 heavy (non-hydrogen) atoms. The van der Waals surface area contributed by atoms with Gasteiger partial charge in [-0.05, 0) is 100 Å². The number of nitrogens with zero attached hydrogens (tertiary/aromatic N) is 10. The van der Waals surface area contributed by atoms with Crippen LogP contribution in [0.1, 0.15) is 55.5 Å². The zero-order valence-electron chi connectivity index (χ0n) is 44.0. The highest BCUT2D eigenvalue weighted by Gasteiger charge is 2.42. The molecule has 4 saturated heterocycles. The van der Waals surface area contributed by atoms with E-state index in [1.165, 1.54) is 24.0 Å². The Morgan fingerprint density at radius 2 is 1.14 bits per heavy atom. The molecule has 4 fully saturated rings. The maximum atomic E-state index is 8.94. The summed E-state index contributed by atoms with van der Waals surface area (Å²) in [5, 5.41) is 52.4. The second-order valence-electron chi connectivity index (χ2n) is 19.5. The number of halogens is 1. The van der Waals surface area contributed by atoms with Gasteiger partial charge in [-0.1, -0.05) is 54.1 Å². The number of methoxy groups -OCH3 is 1. The second-order valence-corrected chi connectivity index (χ2v) is 19.9. The number of aromatic nitrogens is 6. The third-order valence-electron chi connectivity index (χ3n) is 14.3. The Labute approximate surface area is 456 Å². The van der Waals surface area contributed by atoms with E-state index in [4.69, 9.17) is 62.3 Å². The number of hydrogen-bond donors (Lipinski definition) is 6. The molecule has 10 rings (SSSR count). The lowest BCUT2D eigenvalue weighted by Crippen LogP contribution is -2.54. The highest BCUT2D eigenvalue weighted by Crippen LogP contribution is 2.40. The van der Waals surface area contributed by atoms with Gasteiger partial charge in [0.25, 0.3) is 0 Å². The number of para-hydroxylation sites is 1. The van der Waals surface area contributed by atoms with E-state index in [1.54, 1.807) is 24.3 Å². The highest BCUT2D eigenvalue weighted by molar-refractivity contribution is 6.59. The first-order valence-corrected chi connectivity index (χ1v) is 26.8. The quantitative estimate of drug-likeness (QED) is 0.0330. The fourth-order valence-electron chi connectivity index (χ4n) is 10.8. The van der Waals surface area contributed by atoms with E-state index in [2.05, 4.69) is 99.4 Å². The maximum absolute atomic E-state index is 8.94. The van der Waals surface area contributed by atoms with Crippen LogP contribution in [0.5, 0.6) is 5.75 Å². The first kappa shape index (κ1) is 56.8. The monoisotopic (exact) mass is 1070 g/mol. The third-order valence-corrected chi connectivity index (χ3v) is 14.5. The molecule has 4 unspecified atom stereocenters. The predicted molar refractivity (Wildman–Crippen MR) is 301 cm³/mol. The Balaban J connectivity index is 0.000000168. The van der Waals surface area contributed by atoms with Gasteiger partial charge in [0, 0.05) is 123 Å². The average Bonchev–Trinajstić information content (AvgIpc) is 3.94. The Morgan fingerprint density at radius 3 is 1.66 bits per heavy atom. The molecule has 4 aliphatic rings. The summed E-state index contributed by atoms with van der Waals surface area (Å²) in [7, 11) is -0.0223. The molecule has 0 spiro atoms. The van der Waals surface area contributed by atoms with Gasteiger partial charge in [0.05, 0.1) is 43.5 Å². The minimum atomic E-state index is -1.52. The fourth-order valence-corrected chi connectivity index (χ4v) is 11.0. The summed E-state index contributed by atoms with van der Waals surface area (Å²) in [6, 6.07) is 29.2. The molecule has 4 atom stereocenters. The minimum absolute atomic E-state index is 0.0654. The van der Waals surface area contributed by atoms with Crippen molar-refractivity contribution >= 4 is 58.6 Å². The number of benzene rings is 2. The van der Waals surface area contributed by atoms with Crippen molar-refractivity contribution in [3.8, 4) is 17.0 Å². The van der Waals surface area contributed by atoms with E-state index < -0.39 is 7.12 Å². The molecule has 8 heterocycles. The number of hydrogen-bond acceptors (Lipinski definition) is 20. The Kier molecular flexibility index (Phi) is 20.8. The van der Waals surface area contributed by atoms with Crippen molar-refractivity contribution in [2.45, 2.75) is 82.5 Å². The normalized spacial score (nSPS) is 18.4. The van der Waals surface area contributed by atoms with E-state index in [-0.39, 0.29) is 20.0 Å². The largest absolute Gasteiger partial charge is 0.492 e. The van der Waals surface area contributed by atoms with Gasteiger partial charge in [0.2, 0.25) is 0 Å². The summed E-state index contributed by atoms with van der Waals surface area (Å²) >= 11 is 6.04. The molecule has 0 aliphatic carbocycles. The van der Waals surface area contributed by atoms with Gasteiger partial charge >= 0.3 is 7.12 Å². The Morgan fingerprint density at radius 1 is 0.636 bits per heavy atom. The zero-order chi connectivity index (χ0) is 54.1. The number of ether oxygens (including phenoxy) is 4.